The third-order valence-corrected chi connectivity index (χ3v) is 5.06. The molecule has 0 amide bonds. The molecule has 1 rings (SSSR count). The molecule has 1 aromatic rings. The lowest BCUT2D eigenvalue weighted by Gasteiger charge is -2.29. The molecule has 9 heteroatoms. The Morgan fingerprint density at radius 3 is 2.21 bits per heavy atom. The molecule has 29 heavy (non-hydrogen) atoms. The number of carbonyl (C=O) groups is 1. The Morgan fingerprint density at radius 2 is 1.62 bits per heavy atom. The average molecular weight is 432 g/mol. The fourth-order valence-corrected chi connectivity index (χ4v) is 3.72. The molecule has 0 bridgehead atoms. The lowest BCUT2D eigenvalue weighted by atomic mass is 10.1. The van der Waals surface area contributed by atoms with Gasteiger partial charge in [0.15, 0.2) is 0 Å². The van der Waals surface area contributed by atoms with Crippen molar-refractivity contribution in [1.29, 1.82) is 0 Å². The Morgan fingerprint density at radius 1 is 1.03 bits per heavy atom. The van der Waals surface area contributed by atoms with Crippen molar-refractivity contribution >= 4 is 13.8 Å². The SMILES string of the molecule is C[N+](C)(C)CC(CC(=O)O)OP(=O)(O)OCCCCCCCOc1ccccc1. The molecule has 0 aliphatic heterocycles. The zero-order valence-electron chi connectivity index (χ0n) is 17.7. The van der Waals surface area contributed by atoms with Gasteiger partial charge in [-0.05, 0) is 25.0 Å². The predicted molar refractivity (Wildman–Crippen MR) is 111 cm³/mol. The molecule has 2 atom stereocenters. The third kappa shape index (κ3) is 14.2. The number of phosphoric acid groups is 1. The van der Waals surface area contributed by atoms with Crippen LogP contribution >= 0.6 is 7.82 Å². The van der Waals surface area contributed by atoms with Crippen LogP contribution < -0.4 is 4.74 Å². The van der Waals surface area contributed by atoms with Crippen molar-refractivity contribution in [1.82, 2.24) is 0 Å². The number of likely N-dealkylation sites (N-methyl/N-ethyl adjacent to an activating group) is 1. The van der Waals surface area contributed by atoms with Crippen molar-refractivity contribution in [3.63, 3.8) is 0 Å². The molecule has 8 nitrogen and oxygen atoms in total. The second kappa shape index (κ2) is 13.0. The minimum atomic E-state index is -4.28. The fraction of sp³-hybridized carbons (Fsp3) is 0.650. The van der Waals surface area contributed by atoms with Crippen molar-refractivity contribution in [2.24, 2.45) is 0 Å². The maximum absolute atomic E-state index is 12.1. The monoisotopic (exact) mass is 432 g/mol. The summed E-state index contributed by atoms with van der Waals surface area (Å²) in [5.41, 5.74) is 0. The topological polar surface area (TPSA) is 102 Å². The summed E-state index contributed by atoms with van der Waals surface area (Å²) in [7, 11) is 1.28. The molecule has 1 aromatic carbocycles. The molecule has 0 saturated heterocycles. The molecule has 0 aliphatic rings. The molecule has 2 N–H and O–H groups in total. The number of carboxylic acids is 1. The van der Waals surface area contributed by atoms with E-state index in [-0.39, 0.29) is 19.6 Å². The quantitative estimate of drug-likeness (QED) is 0.233. The van der Waals surface area contributed by atoms with Crippen LogP contribution in [-0.4, -0.2) is 67.5 Å². The number of phosphoric ester groups is 1. The molecule has 0 heterocycles. The summed E-state index contributed by atoms with van der Waals surface area (Å²) in [4.78, 5) is 20.8. The molecular weight excluding hydrogens is 397 g/mol. The van der Waals surface area contributed by atoms with Crippen molar-refractivity contribution in [2.45, 2.75) is 44.6 Å². The predicted octanol–water partition coefficient (Wildman–Crippen LogP) is 3.70. The number of benzene rings is 1. The first-order valence-corrected chi connectivity index (χ1v) is 11.4. The number of hydrogen-bond donors (Lipinski definition) is 2. The number of ether oxygens (including phenoxy) is 1. The Labute approximate surface area is 173 Å². The van der Waals surface area contributed by atoms with Crippen molar-refractivity contribution < 1.29 is 37.6 Å². The van der Waals surface area contributed by atoms with Crippen molar-refractivity contribution in [3.8, 4) is 5.75 Å². The molecule has 166 valence electrons. The van der Waals surface area contributed by atoms with Gasteiger partial charge in [-0.2, -0.15) is 0 Å². The Kier molecular flexibility index (Phi) is 11.5. The van der Waals surface area contributed by atoms with Gasteiger partial charge >= 0.3 is 13.8 Å². The van der Waals surface area contributed by atoms with Gasteiger partial charge < -0.3 is 19.2 Å². The summed E-state index contributed by atoms with van der Waals surface area (Å²) in [6.45, 7) is 1.04. The average Bonchev–Trinajstić information content (AvgIpc) is 2.58. The van der Waals surface area contributed by atoms with E-state index in [1.165, 1.54) is 0 Å². The van der Waals surface area contributed by atoms with Crippen LogP contribution in [0.1, 0.15) is 38.5 Å². The van der Waals surface area contributed by atoms with Gasteiger partial charge in [0, 0.05) is 0 Å². The highest BCUT2D eigenvalue weighted by Crippen LogP contribution is 2.45. The Bertz CT molecular complexity index is 633. The molecule has 0 fully saturated rings. The van der Waals surface area contributed by atoms with Gasteiger partial charge in [0.25, 0.3) is 0 Å². The number of hydrogen-bond acceptors (Lipinski definition) is 5. The smallest absolute Gasteiger partial charge is 0.472 e. The minimum Gasteiger partial charge on any atom is -0.494 e. The first kappa shape index (κ1) is 25.6. The number of quaternary nitrogens is 1. The van der Waals surface area contributed by atoms with Crippen molar-refractivity contribution in [3.05, 3.63) is 30.3 Å². The second-order valence-electron chi connectivity index (χ2n) is 8.03. The summed E-state index contributed by atoms with van der Waals surface area (Å²) < 4.78 is 28.2. The van der Waals surface area contributed by atoms with Gasteiger partial charge in [-0.3, -0.25) is 13.8 Å². The number of aliphatic carboxylic acids is 1. The molecule has 0 radical (unpaired) electrons. The van der Waals surface area contributed by atoms with Crippen molar-refractivity contribution in [2.75, 3.05) is 40.9 Å². The zero-order valence-corrected chi connectivity index (χ0v) is 18.6. The maximum Gasteiger partial charge on any atom is 0.472 e. The van der Waals surface area contributed by atoms with E-state index in [0.29, 0.717) is 17.5 Å². The number of carboxylic acid groups (broad SMARTS) is 1. The fourth-order valence-electron chi connectivity index (χ4n) is 2.78. The Balaban J connectivity index is 2.16. The third-order valence-electron chi connectivity index (χ3n) is 3.99. The first-order valence-electron chi connectivity index (χ1n) is 9.93. The number of rotatable bonds is 16. The maximum atomic E-state index is 12.1. The van der Waals surface area contributed by atoms with E-state index in [0.717, 1.165) is 31.4 Å². The van der Waals surface area contributed by atoms with Crippen LogP contribution in [-0.2, 0) is 18.4 Å². The normalized spacial score (nSPS) is 14.9. The second-order valence-corrected chi connectivity index (χ2v) is 9.44. The van der Waals surface area contributed by atoms with Gasteiger partial charge in [-0.25, -0.2) is 4.57 Å². The molecule has 2 unspecified atom stereocenters. The lowest BCUT2D eigenvalue weighted by molar-refractivity contribution is -0.873. The van der Waals surface area contributed by atoms with Crippen LogP contribution in [0.2, 0.25) is 0 Å². The minimum absolute atomic E-state index is 0.0957. The highest BCUT2D eigenvalue weighted by Gasteiger charge is 2.31. The van der Waals surface area contributed by atoms with E-state index in [1.807, 2.05) is 51.5 Å². The van der Waals surface area contributed by atoms with Crippen LogP contribution in [0.25, 0.3) is 0 Å². The summed E-state index contributed by atoms with van der Waals surface area (Å²) in [5.74, 6) is -0.217. The summed E-state index contributed by atoms with van der Waals surface area (Å²) in [6.07, 6.45) is 3.17. The summed E-state index contributed by atoms with van der Waals surface area (Å²) in [6, 6.07) is 9.67. The van der Waals surface area contributed by atoms with E-state index >= 15 is 0 Å². The zero-order chi connectivity index (χ0) is 21.8. The van der Waals surface area contributed by atoms with Gasteiger partial charge in [-0.1, -0.05) is 37.5 Å². The van der Waals surface area contributed by atoms with Crippen LogP contribution in [0, 0.1) is 0 Å². The standard InChI is InChI=1S/C20H34NO7P/c1-21(2,3)17-19(16-20(22)23)28-29(24,25)27-15-11-6-4-5-10-14-26-18-12-8-7-9-13-18/h7-9,12-13,19H,4-6,10-11,14-17H2,1-3H3,(H-,22,23,24,25)/p+1. The molecule has 0 aliphatic carbocycles. The van der Waals surface area contributed by atoms with E-state index in [9.17, 15) is 14.3 Å². The number of unbranched alkanes of at least 4 members (excludes halogenated alkanes) is 4. The van der Waals surface area contributed by atoms with Gasteiger partial charge in [0.2, 0.25) is 0 Å². The van der Waals surface area contributed by atoms with E-state index in [4.69, 9.17) is 18.9 Å². The van der Waals surface area contributed by atoms with E-state index in [2.05, 4.69) is 0 Å². The number of para-hydroxylation sites is 1. The van der Waals surface area contributed by atoms with E-state index in [1.54, 1.807) is 0 Å². The van der Waals surface area contributed by atoms with Gasteiger partial charge in [0.05, 0.1) is 40.8 Å². The molecule has 0 saturated carbocycles. The highest BCUT2D eigenvalue weighted by molar-refractivity contribution is 7.47. The molecular formula is C20H35NO7P+. The van der Waals surface area contributed by atoms with Crippen LogP contribution in [0.5, 0.6) is 5.75 Å². The summed E-state index contributed by atoms with van der Waals surface area (Å²) >= 11 is 0. The van der Waals surface area contributed by atoms with Crippen LogP contribution in [0.4, 0.5) is 0 Å². The highest BCUT2D eigenvalue weighted by atomic mass is 31.2. The van der Waals surface area contributed by atoms with Gasteiger partial charge in [0.1, 0.15) is 18.4 Å². The summed E-state index contributed by atoms with van der Waals surface area (Å²) in [5, 5.41) is 8.97. The first-order chi connectivity index (χ1) is 13.6. The Hall–Kier alpha value is -1.44. The van der Waals surface area contributed by atoms with Crippen LogP contribution in [0.3, 0.4) is 0 Å². The number of nitrogens with zero attached hydrogens (tertiary/aromatic N) is 1. The molecule has 0 spiro atoms. The molecule has 0 aromatic heterocycles. The lowest BCUT2D eigenvalue weighted by Crippen LogP contribution is -2.42. The largest absolute Gasteiger partial charge is 0.494 e. The van der Waals surface area contributed by atoms with Gasteiger partial charge in [-0.15, -0.1) is 0 Å². The van der Waals surface area contributed by atoms with Crippen LogP contribution in [0.15, 0.2) is 30.3 Å². The van der Waals surface area contributed by atoms with E-state index < -0.39 is 19.9 Å².